The van der Waals surface area contributed by atoms with Gasteiger partial charge in [-0.2, -0.15) is 18.3 Å². The number of hydrazone groups is 1. The molecule has 30 heavy (non-hydrogen) atoms. The van der Waals surface area contributed by atoms with Crippen molar-refractivity contribution in [2.24, 2.45) is 5.10 Å². The molecule has 1 saturated heterocycles. The van der Waals surface area contributed by atoms with E-state index in [-0.39, 0.29) is 30.0 Å². The number of urea groups is 1. The highest BCUT2D eigenvalue weighted by Gasteiger charge is 2.33. The highest BCUT2D eigenvalue weighted by molar-refractivity contribution is 6.03. The molecule has 7 nitrogen and oxygen atoms in total. The van der Waals surface area contributed by atoms with E-state index < -0.39 is 11.7 Å². The summed E-state index contributed by atoms with van der Waals surface area (Å²) in [7, 11) is 1.46. The highest BCUT2D eigenvalue weighted by atomic mass is 19.4. The van der Waals surface area contributed by atoms with Gasteiger partial charge in [-0.3, -0.25) is 10.1 Å². The Bertz CT molecular complexity index is 787. The van der Waals surface area contributed by atoms with Crippen LogP contribution in [0.4, 0.5) is 18.0 Å². The predicted octanol–water partition coefficient (Wildman–Crippen LogP) is 2.95. The third kappa shape index (κ3) is 6.87. The van der Waals surface area contributed by atoms with Gasteiger partial charge in [-0.05, 0) is 37.5 Å². The smallest absolute Gasteiger partial charge is 0.324 e. The van der Waals surface area contributed by atoms with Crippen LogP contribution in [0.1, 0.15) is 30.9 Å². The molecule has 0 atom stereocenters. The van der Waals surface area contributed by atoms with Crippen molar-refractivity contribution in [1.82, 2.24) is 20.5 Å². The molecule has 2 N–H and O–H groups in total. The normalized spacial score (nSPS) is 16.0. The van der Waals surface area contributed by atoms with Crippen molar-refractivity contribution in [3.63, 3.8) is 0 Å². The summed E-state index contributed by atoms with van der Waals surface area (Å²) in [5.41, 5.74) is -0.429. The number of amidine groups is 1. The first-order chi connectivity index (χ1) is 14.2. The first-order valence-electron chi connectivity index (χ1n) is 9.58. The number of carbonyl (C=O) groups excluding carboxylic acids is 2. The Kier molecular flexibility index (Phi) is 8.40. The first kappa shape index (κ1) is 23.4. The van der Waals surface area contributed by atoms with E-state index >= 15 is 0 Å². The second kappa shape index (κ2) is 10.8. The lowest BCUT2D eigenvalue weighted by molar-refractivity contribution is -0.138. The van der Waals surface area contributed by atoms with Gasteiger partial charge in [0, 0.05) is 32.7 Å². The van der Waals surface area contributed by atoms with Crippen LogP contribution in [-0.2, 0) is 17.5 Å². The fourth-order valence-corrected chi connectivity index (χ4v) is 3.13. The highest BCUT2D eigenvalue weighted by Crippen LogP contribution is 2.31. The maximum absolute atomic E-state index is 13.1. The molecule has 1 heterocycles. The Balaban J connectivity index is 1.87. The molecule has 1 aliphatic rings. The Morgan fingerprint density at radius 2 is 1.97 bits per heavy atom. The fourth-order valence-electron chi connectivity index (χ4n) is 3.13. The van der Waals surface area contributed by atoms with Crippen LogP contribution in [-0.4, -0.2) is 54.4 Å². The number of allylic oxidation sites excluding steroid dienone is 1. The van der Waals surface area contributed by atoms with Crippen molar-refractivity contribution in [3.05, 3.63) is 47.5 Å². The van der Waals surface area contributed by atoms with Crippen LogP contribution in [0, 0.1) is 0 Å². The van der Waals surface area contributed by atoms with Gasteiger partial charge < -0.3 is 10.2 Å². The van der Waals surface area contributed by atoms with E-state index in [9.17, 15) is 22.8 Å². The summed E-state index contributed by atoms with van der Waals surface area (Å²) in [5, 5.41) is 10.8. The number of likely N-dealkylation sites (tertiary alicyclic amines) is 1. The van der Waals surface area contributed by atoms with Crippen molar-refractivity contribution >= 4 is 18.3 Å². The molecule has 1 fully saturated rings. The summed E-state index contributed by atoms with van der Waals surface area (Å²) in [6.07, 6.45) is 0.627. The van der Waals surface area contributed by atoms with Crippen LogP contribution in [0.2, 0.25) is 0 Å². The van der Waals surface area contributed by atoms with Crippen molar-refractivity contribution in [2.45, 2.75) is 38.5 Å². The van der Waals surface area contributed by atoms with Crippen LogP contribution in [0.5, 0.6) is 0 Å². The molecule has 0 aliphatic carbocycles. The van der Waals surface area contributed by atoms with E-state index in [0.717, 1.165) is 11.1 Å². The number of benzene rings is 1. The molecule has 3 amide bonds. The third-order valence-corrected chi connectivity index (χ3v) is 4.66. The number of piperidine rings is 1. The predicted molar refractivity (Wildman–Crippen MR) is 107 cm³/mol. The molecule has 164 valence electrons. The maximum Gasteiger partial charge on any atom is 0.416 e. The summed E-state index contributed by atoms with van der Waals surface area (Å²) >= 11 is 0. The maximum atomic E-state index is 13.1. The minimum atomic E-state index is -4.39. The number of carbonyl (C=O) groups is 2. The molecule has 2 rings (SSSR count). The fraction of sp³-hybridized carbons (Fsp3) is 0.450. The number of hydrogen-bond acceptors (Lipinski definition) is 4. The van der Waals surface area contributed by atoms with E-state index in [0.29, 0.717) is 32.3 Å². The van der Waals surface area contributed by atoms with Crippen molar-refractivity contribution in [2.75, 3.05) is 20.1 Å². The lowest BCUT2D eigenvalue weighted by Crippen LogP contribution is -2.49. The zero-order valence-electron chi connectivity index (χ0n) is 16.9. The molecule has 0 aromatic heterocycles. The summed E-state index contributed by atoms with van der Waals surface area (Å²) < 4.78 is 39.3. The van der Waals surface area contributed by atoms with Crippen molar-refractivity contribution in [3.8, 4) is 0 Å². The van der Waals surface area contributed by atoms with Crippen LogP contribution in [0.25, 0.3) is 0 Å². The van der Waals surface area contributed by atoms with Gasteiger partial charge in [0.05, 0.1) is 5.56 Å². The van der Waals surface area contributed by atoms with Crippen LogP contribution in [0.15, 0.2) is 41.5 Å². The monoisotopic (exact) mass is 425 g/mol. The third-order valence-electron chi connectivity index (χ3n) is 4.66. The topological polar surface area (TPSA) is 77.0 Å². The lowest BCUT2D eigenvalue weighted by atomic mass is 10.0. The van der Waals surface area contributed by atoms with Gasteiger partial charge in [0.2, 0.25) is 6.41 Å². The van der Waals surface area contributed by atoms with Crippen molar-refractivity contribution in [1.29, 1.82) is 0 Å². The second-order valence-electron chi connectivity index (χ2n) is 6.89. The number of rotatable bonds is 6. The number of nitrogens with one attached hydrogen (secondary N) is 2. The Morgan fingerprint density at radius 3 is 2.57 bits per heavy atom. The summed E-state index contributed by atoms with van der Waals surface area (Å²) in [6.45, 7) is 2.79. The molecular weight excluding hydrogens is 399 g/mol. The average Bonchev–Trinajstić information content (AvgIpc) is 2.72. The molecule has 1 aromatic rings. The molecule has 10 heteroatoms. The van der Waals surface area contributed by atoms with Gasteiger partial charge in [0.1, 0.15) is 0 Å². The van der Waals surface area contributed by atoms with E-state index in [1.54, 1.807) is 30.0 Å². The quantitative estimate of drug-likeness (QED) is 0.318. The van der Waals surface area contributed by atoms with Gasteiger partial charge in [-0.15, -0.1) is 0 Å². The van der Waals surface area contributed by atoms with Gasteiger partial charge in [0.15, 0.2) is 5.84 Å². The van der Waals surface area contributed by atoms with Gasteiger partial charge in [0.25, 0.3) is 0 Å². The molecule has 0 bridgehead atoms. The van der Waals surface area contributed by atoms with Crippen LogP contribution in [0.3, 0.4) is 0 Å². The van der Waals surface area contributed by atoms with Gasteiger partial charge in [-0.25, -0.2) is 9.80 Å². The van der Waals surface area contributed by atoms with E-state index in [1.165, 1.54) is 19.2 Å². The zero-order valence-corrected chi connectivity index (χ0v) is 16.9. The summed E-state index contributed by atoms with van der Waals surface area (Å²) in [4.78, 5) is 24.8. The average molecular weight is 425 g/mol. The minimum absolute atomic E-state index is 0.0141. The summed E-state index contributed by atoms with van der Waals surface area (Å²) in [6, 6.07) is 5.19. The SMILES string of the molecule is C/C=C\C(=N/N(C)C=O)NC(=O)N1CCC(NCc2ccccc2C(F)(F)F)CC1. The standard InChI is InChI=1S/C20H26F3N5O2/c1-3-6-18(26-27(2)14-29)25-19(30)28-11-9-16(10-12-28)24-13-15-7-4-5-8-17(15)20(21,22)23/h3-8,14,16,24H,9-13H2,1-2H3,(H,25,26,30)/b6-3-. The number of amides is 3. The van der Waals surface area contributed by atoms with E-state index in [1.807, 2.05) is 0 Å². The summed E-state index contributed by atoms with van der Waals surface area (Å²) in [5.74, 6) is 0.237. The number of alkyl halides is 3. The largest absolute Gasteiger partial charge is 0.416 e. The lowest BCUT2D eigenvalue weighted by Gasteiger charge is -2.32. The number of hydrogen-bond donors (Lipinski definition) is 2. The van der Waals surface area contributed by atoms with Crippen LogP contribution >= 0.6 is 0 Å². The second-order valence-corrected chi connectivity index (χ2v) is 6.89. The van der Waals surface area contributed by atoms with Crippen molar-refractivity contribution < 1.29 is 22.8 Å². The molecule has 0 saturated carbocycles. The molecule has 1 aromatic carbocycles. The molecule has 0 spiro atoms. The van der Waals surface area contributed by atoms with E-state index in [4.69, 9.17) is 0 Å². The zero-order chi connectivity index (χ0) is 22.1. The Labute approximate surface area is 173 Å². The molecular formula is C20H26F3N5O2. The molecule has 0 radical (unpaired) electrons. The molecule has 0 unspecified atom stereocenters. The van der Waals surface area contributed by atoms with Gasteiger partial charge in [-0.1, -0.05) is 24.3 Å². The minimum Gasteiger partial charge on any atom is -0.324 e. The van der Waals surface area contributed by atoms with E-state index in [2.05, 4.69) is 15.7 Å². The number of halogens is 3. The molecule has 1 aliphatic heterocycles. The van der Waals surface area contributed by atoms with Crippen LogP contribution < -0.4 is 10.6 Å². The Morgan fingerprint density at radius 1 is 1.30 bits per heavy atom. The Hall–Kier alpha value is -2.88. The first-order valence-corrected chi connectivity index (χ1v) is 9.58. The van der Waals surface area contributed by atoms with Gasteiger partial charge >= 0.3 is 12.2 Å². The number of nitrogens with zero attached hydrogens (tertiary/aromatic N) is 3.